The number of hydrogen-bond donors (Lipinski definition) is 2. The first-order valence-electron chi connectivity index (χ1n) is 6.09. The lowest BCUT2D eigenvalue weighted by Crippen LogP contribution is -2.37. The molecule has 0 bridgehead atoms. The Hall–Kier alpha value is -1.16. The van der Waals surface area contributed by atoms with E-state index in [0.29, 0.717) is 12.1 Å². The van der Waals surface area contributed by atoms with E-state index in [9.17, 15) is 0 Å². The van der Waals surface area contributed by atoms with Crippen LogP contribution in [0, 0.1) is 0 Å². The van der Waals surface area contributed by atoms with Gasteiger partial charge < -0.3 is 10.6 Å². The highest BCUT2D eigenvalue weighted by molar-refractivity contribution is 5.38. The summed E-state index contributed by atoms with van der Waals surface area (Å²) in [5.74, 6) is 0. The molecule has 4 nitrogen and oxygen atoms in total. The van der Waals surface area contributed by atoms with Gasteiger partial charge in [-0.25, -0.2) is 9.97 Å². The molecular formula is C12H20N4. The summed E-state index contributed by atoms with van der Waals surface area (Å²) in [5, 5.41) is 6.99. The molecule has 2 unspecified atom stereocenters. The minimum absolute atomic E-state index is 0.460. The molecule has 2 heterocycles. The van der Waals surface area contributed by atoms with Gasteiger partial charge in [-0.3, -0.25) is 0 Å². The Balaban J connectivity index is 1.77. The first kappa shape index (κ1) is 11.3. The zero-order valence-corrected chi connectivity index (χ0v) is 9.82. The zero-order valence-electron chi connectivity index (χ0n) is 9.82. The van der Waals surface area contributed by atoms with E-state index in [2.05, 4.69) is 27.5 Å². The summed E-state index contributed by atoms with van der Waals surface area (Å²) in [6.07, 6.45) is 10.3. The monoisotopic (exact) mass is 220 g/mol. The maximum absolute atomic E-state index is 4.00. The molecule has 1 fully saturated rings. The van der Waals surface area contributed by atoms with Crippen molar-refractivity contribution in [1.29, 1.82) is 0 Å². The molecule has 1 aromatic rings. The van der Waals surface area contributed by atoms with E-state index >= 15 is 0 Å². The van der Waals surface area contributed by atoms with E-state index < -0.39 is 0 Å². The average molecular weight is 220 g/mol. The molecular weight excluding hydrogens is 200 g/mol. The molecule has 0 aromatic carbocycles. The van der Waals surface area contributed by atoms with Gasteiger partial charge >= 0.3 is 0 Å². The van der Waals surface area contributed by atoms with E-state index in [4.69, 9.17) is 0 Å². The van der Waals surface area contributed by atoms with Crippen molar-refractivity contribution in [2.45, 2.75) is 44.7 Å². The van der Waals surface area contributed by atoms with Gasteiger partial charge in [-0.05, 0) is 32.7 Å². The Morgan fingerprint density at radius 1 is 1.44 bits per heavy atom. The van der Waals surface area contributed by atoms with Crippen molar-refractivity contribution in [3.8, 4) is 0 Å². The fourth-order valence-corrected chi connectivity index (χ4v) is 2.27. The van der Waals surface area contributed by atoms with Crippen LogP contribution in [0.4, 0.5) is 5.69 Å². The van der Waals surface area contributed by atoms with Crippen molar-refractivity contribution in [1.82, 2.24) is 15.3 Å². The lowest BCUT2D eigenvalue weighted by atomic mass is 9.99. The van der Waals surface area contributed by atoms with Gasteiger partial charge in [-0.1, -0.05) is 6.42 Å². The molecule has 0 aliphatic carbocycles. The van der Waals surface area contributed by atoms with E-state index in [1.807, 2.05) is 12.4 Å². The van der Waals surface area contributed by atoms with Crippen LogP contribution in [0.1, 0.15) is 32.6 Å². The second-order valence-corrected chi connectivity index (χ2v) is 4.56. The van der Waals surface area contributed by atoms with Crippen LogP contribution in [-0.2, 0) is 0 Å². The van der Waals surface area contributed by atoms with E-state index in [-0.39, 0.29) is 0 Å². The summed E-state index contributed by atoms with van der Waals surface area (Å²) >= 11 is 0. The average Bonchev–Trinajstić information content (AvgIpc) is 2.31. The largest absolute Gasteiger partial charge is 0.380 e. The normalized spacial score (nSPS) is 22.7. The molecule has 1 aromatic heterocycles. The topological polar surface area (TPSA) is 49.8 Å². The first-order valence-corrected chi connectivity index (χ1v) is 6.09. The molecule has 1 aliphatic rings. The molecule has 1 saturated heterocycles. The summed E-state index contributed by atoms with van der Waals surface area (Å²) in [4.78, 5) is 7.99. The summed E-state index contributed by atoms with van der Waals surface area (Å²) in [7, 11) is 0. The Morgan fingerprint density at radius 2 is 2.25 bits per heavy atom. The predicted molar refractivity (Wildman–Crippen MR) is 65.4 cm³/mol. The Bertz CT molecular complexity index is 295. The van der Waals surface area contributed by atoms with Gasteiger partial charge in [-0.2, -0.15) is 0 Å². The van der Waals surface area contributed by atoms with Crippen molar-refractivity contribution in [2.24, 2.45) is 0 Å². The van der Waals surface area contributed by atoms with E-state index in [1.54, 1.807) is 6.33 Å². The standard InChI is InChI=1S/C12H20N4/c1-10(6-11-4-2-3-5-15-11)16-12-7-13-9-14-8-12/h7-11,15-16H,2-6H2,1H3. The number of rotatable bonds is 4. The summed E-state index contributed by atoms with van der Waals surface area (Å²) < 4.78 is 0. The third kappa shape index (κ3) is 3.45. The lowest BCUT2D eigenvalue weighted by molar-refractivity contribution is 0.371. The number of piperidine rings is 1. The molecule has 4 heteroatoms. The van der Waals surface area contributed by atoms with Crippen molar-refractivity contribution >= 4 is 5.69 Å². The van der Waals surface area contributed by atoms with E-state index in [0.717, 1.165) is 12.1 Å². The highest BCUT2D eigenvalue weighted by Crippen LogP contribution is 2.14. The van der Waals surface area contributed by atoms with Gasteiger partial charge in [0.05, 0.1) is 18.1 Å². The van der Waals surface area contributed by atoms with Gasteiger partial charge in [0.15, 0.2) is 0 Å². The number of anilines is 1. The van der Waals surface area contributed by atoms with Crippen LogP contribution in [0.5, 0.6) is 0 Å². The molecule has 16 heavy (non-hydrogen) atoms. The fourth-order valence-electron chi connectivity index (χ4n) is 2.27. The lowest BCUT2D eigenvalue weighted by Gasteiger charge is -2.26. The Labute approximate surface area is 96.9 Å². The maximum atomic E-state index is 4.00. The van der Waals surface area contributed by atoms with Crippen LogP contribution < -0.4 is 10.6 Å². The molecule has 2 atom stereocenters. The number of hydrogen-bond acceptors (Lipinski definition) is 4. The van der Waals surface area contributed by atoms with Crippen molar-refractivity contribution in [3.05, 3.63) is 18.7 Å². The van der Waals surface area contributed by atoms with Gasteiger partial charge in [0.2, 0.25) is 0 Å². The summed E-state index contributed by atoms with van der Waals surface area (Å²) in [6.45, 7) is 3.38. The van der Waals surface area contributed by atoms with Crippen molar-refractivity contribution < 1.29 is 0 Å². The highest BCUT2D eigenvalue weighted by atomic mass is 15.0. The molecule has 0 saturated carbocycles. The zero-order chi connectivity index (χ0) is 11.2. The van der Waals surface area contributed by atoms with Gasteiger partial charge in [-0.15, -0.1) is 0 Å². The molecule has 88 valence electrons. The third-order valence-corrected chi connectivity index (χ3v) is 3.02. The van der Waals surface area contributed by atoms with Crippen LogP contribution in [0.15, 0.2) is 18.7 Å². The van der Waals surface area contributed by atoms with Gasteiger partial charge in [0, 0.05) is 12.1 Å². The second kappa shape index (κ2) is 5.80. The SMILES string of the molecule is CC(CC1CCCCN1)Nc1cncnc1. The molecule has 0 spiro atoms. The van der Waals surface area contributed by atoms with Crippen LogP contribution in [-0.4, -0.2) is 28.6 Å². The minimum Gasteiger partial charge on any atom is -0.380 e. The third-order valence-electron chi connectivity index (χ3n) is 3.02. The first-order chi connectivity index (χ1) is 7.84. The smallest absolute Gasteiger partial charge is 0.115 e. The maximum Gasteiger partial charge on any atom is 0.115 e. The summed E-state index contributed by atoms with van der Waals surface area (Å²) in [6, 6.07) is 1.13. The Kier molecular flexibility index (Phi) is 4.10. The van der Waals surface area contributed by atoms with Crippen LogP contribution >= 0.6 is 0 Å². The Morgan fingerprint density at radius 3 is 2.94 bits per heavy atom. The number of aromatic nitrogens is 2. The minimum atomic E-state index is 0.460. The van der Waals surface area contributed by atoms with Crippen LogP contribution in [0.3, 0.4) is 0 Å². The second-order valence-electron chi connectivity index (χ2n) is 4.56. The van der Waals surface area contributed by atoms with Crippen molar-refractivity contribution in [3.63, 3.8) is 0 Å². The van der Waals surface area contributed by atoms with Crippen molar-refractivity contribution in [2.75, 3.05) is 11.9 Å². The van der Waals surface area contributed by atoms with Crippen LogP contribution in [0.2, 0.25) is 0 Å². The quantitative estimate of drug-likeness (QED) is 0.812. The summed E-state index contributed by atoms with van der Waals surface area (Å²) in [5.41, 5.74) is 1.01. The van der Waals surface area contributed by atoms with Gasteiger partial charge in [0.1, 0.15) is 6.33 Å². The molecule has 2 rings (SSSR count). The number of nitrogens with zero attached hydrogens (tertiary/aromatic N) is 2. The predicted octanol–water partition coefficient (Wildman–Crippen LogP) is 1.81. The molecule has 0 radical (unpaired) electrons. The van der Waals surface area contributed by atoms with Gasteiger partial charge in [0.25, 0.3) is 0 Å². The molecule has 1 aliphatic heterocycles. The fraction of sp³-hybridized carbons (Fsp3) is 0.667. The highest BCUT2D eigenvalue weighted by Gasteiger charge is 2.15. The van der Waals surface area contributed by atoms with E-state index in [1.165, 1.54) is 25.8 Å². The number of nitrogens with one attached hydrogen (secondary N) is 2. The van der Waals surface area contributed by atoms with Crippen LogP contribution in [0.25, 0.3) is 0 Å². The molecule has 2 N–H and O–H groups in total. The molecule has 0 amide bonds.